The van der Waals surface area contributed by atoms with Gasteiger partial charge in [0.2, 0.25) is 0 Å². The molecular formula is C17H21NO3. The Morgan fingerprint density at radius 1 is 0.952 bits per heavy atom. The van der Waals surface area contributed by atoms with Crippen LogP contribution in [0.2, 0.25) is 0 Å². The summed E-state index contributed by atoms with van der Waals surface area (Å²) < 4.78 is 10.2. The molecule has 0 atom stereocenters. The van der Waals surface area contributed by atoms with Crippen LogP contribution < -0.4 is 14.8 Å². The largest absolute Gasteiger partial charge is 0.504 e. The summed E-state index contributed by atoms with van der Waals surface area (Å²) >= 11 is 0. The number of aromatic hydroxyl groups is 1. The smallest absolute Gasteiger partial charge is 0.160 e. The Kier molecular flexibility index (Phi) is 5.46. The zero-order valence-electron chi connectivity index (χ0n) is 12.4. The van der Waals surface area contributed by atoms with Crippen LogP contribution in [-0.4, -0.2) is 25.9 Å². The van der Waals surface area contributed by atoms with E-state index < -0.39 is 0 Å². The highest BCUT2D eigenvalue weighted by Gasteiger charge is 2.02. The number of hydrogen-bond donors (Lipinski definition) is 2. The standard InChI is InChI=1S/C17H21NO3/c1-20-15-6-3-13(4-7-15)9-10-18-12-14-5-8-17(21-2)16(19)11-14/h3-8,11,18-19H,9-10,12H2,1-2H3. The van der Waals surface area contributed by atoms with Gasteiger partial charge in [-0.05, 0) is 48.4 Å². The summed E-state index contributed by atoms with van der Waals surface area (Å²) in [6.45, 7) is 1.59. The molecule has 0 aliphatic rings. The number of rotatable bonds is 7. The number of phenolic OH excluding ortho intramolecular Hbond substituents is 1. The molecule has 0 aliphatic heterocycles. The average Bonchev–Trinajstić information content (AvgIpc) is 2.52. The number of benzene rings is 2. The van der Waals surface area contributed by atoms with E-state index in [9.17, 15) is 5.11 Å². The quantitative estimate of drug-likeness (QED) is 0.769. The molecule has 2 aromatic rings. The Hall–Kier alpha value is -2.20. The van der Waals surface area contributed by atoms with E-state index >= 15 is 0 Å². The van der Waals surface area contributed by atoms with Crippen LogP contribution in [0.5, 0.6) is 17.2 Å². The van der Waals surface area contributed by atoms with Gasteiger partial charge in [0.1, 0.15) is 5.75 Å². The Morgan fingerprint density at radius 3 is 2.29 bits per heavy atom. The first-order valence-corrected chi connectivity index (χ1v) is 6.92. The van der Waals surface area contributed by atoms with E-state index in [0.717, 1.165) is 24.3 Å². The predicted octanol–water partition coefficient (Wildman–Crippen LogP) is 2.74. The highest BCUT2D eigenvalue weighted by Crippen LogP contribution is 2.26. The monoisotopic (exact) mass is 287 g/mol. The van der Waals surface area contributed by atoms with E-state index in [1.807, 2.05) is 18.2 Å². The highest BCUT2D eigenvalue weighted by atomic mass is 16.5. The Balaban J connectivity index is 1.77. The molecule has 2 N–H and O–H groups in total. The lowest BCUT2D eigenvalue weighted by atomic mass is 10.1. The molecule has 2 aromatic carbocycles. The van der Waals surface area contributed by atoms with Gasteiger partial charge in [0.25, 0.3) is 0 Å². The van der Waals surface area contributed by atoms with Crippen molar-refractivity contribution in [1.29, 1.82) is 0 Å². The maximum atomic E-state index is 9.71. The summed E-state index contributed by atoms with van der Waals surface area (Å²) in [6.07, 6.45) is 0.951. The van der Waals surface area contributed by atoms with E-state index in [4.69, 9.17) is 9.47 Å². The normalized spacial score (nSPS) is 10.4. The van der Waals surface area contributed by atoms with Crippen LogP contribution in [-0.2, 0) is 13.0 Å². The zero-order valence-corrected chi connectivity index (χ0v) is 12.4. The Bertz CT molecular complexity index is 567. The van der Waals surface area contributed by atoms with Gasteiger partial charge in [0.05, 0.1) is 14.2 Å². The summed E-state index contributed by atoms with van der Waals surface area (Å²) in [5, 5.41) is 13.1. The lowest BCUT2D eigenvalue weighted by Crippen LogP contribution is -2.16. The molecule has 0 aromatic heterocycles. The van der Waals surface area contributed by atoms with Gasteiger partial charge >= 0.3 is 0 Å². The van der Waals surface area contributed by atoms with Crippen LogP contribution in [0, 0.1) is 0 Å². The van der Waals surface area contributed by atoms with Crippen molar-refractivity contribution in [3.63, 3.8) is 0 Å². The van der Waals surface area contributed by atoms with E-state index in [1.165, 1.54) is 5.56 Å². The minimum atomic E-state index is 0.173. The van der Waals surface area contributed by atoms with Gasteiger partial charge in [0.15, 0.2) is 11.5 Å². The summed E-state index contributed by atoms with van der Waals surface area (Å²) in [5.41, 5.74) is 2.30. The van der Waals surface area contributed by atoms with Gasteiger partial charge in [-0.3, -0.25) is 0 Å². The number of methoxy groups -OCH3 is 2. The zero-order chi connectivity index (χ0) is 15.1. The number of phenols is 1. The van der Waals surface area contributed by atoms with Crippen LogP contribution in [0.3, 0.4) is 0 Å². The van der Waals surface area contributed by atoms with Crippen LogP contribution in [0.1, 0.15) is 11.1 Å². The molecule has 0 saturated carbocycles. The fourth-order valence-electron chi connectivity index (χ4n) is 2.10. The second kappa shape index (κ2) is 7.55. The lowest BCUT2D eigenvalue weighted by molar-refractivity contribution is 0.373. The fourth-order valence-corrected chi connectivity index (χ4v) is 2.10. The van der Waals surface area contributed by atoms with Gasteiger partial charge in [-0.2, -0.15) is 0 Å². The SMILES string of the molecule is COc1ccc(CCNCc2ccc(OC)c(O)c2)cc1. The summed E-state index contributed by atoms with van der Waals surface area (Å²) in [4.78, 5) is 0. The van der Waals surface area contributed by atoms with E-state index in [0.29, 0.717) is 12.3 Å². The highest BCUT2D eigenvalue weighted by molar-refractivity contribution is 5.41. The molecule has 2 rings (SSSR count). The van der Waals surface area contributed by atoms with Crippen molar-refractivity contribution in [2.75, 3.05) is 20.8 Å². The molecule has 4 nitrogen and oxygen atoms in total. The molecular weight excluding hydrogens is 266 g/mol. The molecule has 0 fully saturated rings. The minimum Gasteiger partial charge on any atom is -0.504 e. The molecule has 0 bridgehead atoms. The van der Waals surface area contributed by atoms with Crippen molar-refractivity contribution in [3.8, 4) is 17.2 Å². The van der Waals surface area contributed by atoms with Crippen molar-refractivity contribution < 1.29 is 14.6 Å². The molecule has 4 heteroatoms. The third-order valence-electron chi connectivity index (χ3n) is 3.32. The van der Waals surface area contributed by atoms with Crippen molar-refractivity contribution in [1.82, 2.24) is 5.32 Å². The van der Waals surface area contributed by atoms with Crippen LogP contribution in [0.15, 0.2) is 42.5 Å². The minimum absolute atomic E-state index is 0.173. The van der Waals surface area contributed by atoms with Gasteiger partial charge in [-0.15, -0.1) is 0 Å². The number of ether oxygens (including phenoxy) is 2. The third kappa shape index (κ3) is 4.39. The van der Waals surface area contributed by atoms with Crippen molar-refractivity contribution >= 4 is 0 Å². The summed E-state index contributed by atoms with van der Waals surface area (Å²) in [6, 6.07) is 13.5. The van der Waals surface area contributed by atoms with Crippen LogP contribution in [0.25, 0.3) is 0 Å². The Labute approximate surface area is 125 Å². The fraction of sp³-hybridized carbons (Fsp3) is 0.294. The molecule has 0 spiro atoms. The van der Waals surface area contributed by atoms with Crippen molar-refractivity contribution in [3.05, 3.63) is 53.6 Å². The maximum Gasteiger partial charge on any atom is 0.160 e. The van der Waals surface area contributed by atoms with E-state index in [-0.39, 0.29) is 5.75 Å². The van der Waals surface area contributed by atoms with Gasteiger partial charge in [-0.1, -0.05) is 18.2 Å². The summed E-state index contributed by atoms with van der Waals surface area (Å²) in [5.74, 6) is 1.55. The third-order valence-corrected chi connectivity index (χ3v) is 3.32. The molecule has 0 unspecified atom stereocenters. The first kappa shape index (κ1) is 15.2. The second-order valence-electron chi connectivity index (χ2n) is 4.78. The van der Waals surface area contributed by atoms with Crippen LogP contribution in [0.4, 0.5) is 0 Å². The Morgan fingerprint density at radius 2 is 1.67 bits per heavy atom. The number of hydrogen-bond acceptors (Lipinski definition) is 4. The van der Waals surface area contributed by atoms with Crippen molar-refractivity contribution in [2.24, 2.45) is 0 Å². The van der Waals surface area contributed by atoms with Gasteiger partial charge < -0.3 is 19.9 Å². The predicted molar refractivity (Wildman–Crippen MR) is 83.1 cm³/mol. The average molecular weight is 287 g/mol. The maximum absolute atomic E-state index is 9.71. The van der Waals surface area contributed by atoms with Gasteiger partial charge in [-0.25, -0.2) is 0 Å². The molecule has 0 heterocycles. The molecule has 21 heavy (non-hydrogen) atoms. The van der Waals surface area contributed by atoms with Gasteiger partial charge in [0, 0.05) is 6.54 Å². The first-order valence-electron chi connectivity index (χ1n) is 6.92. The molecule has 112 valence electrons. The lowest BCUT2D eigenvalue weighted by Gasteiger charge is -2.08. The second-order valence-corrected chi connectivity index (χ2v) is 4.78. The molecule has 0 radical (unpaired) electrons. The van der Waals surface area contributed by atoms with E-state index in [1.54, 1.807) is 26.4 Å². The molecule has 0 amide bonds. The summed E-state index contributed by atoms with van der Waals surface area (Å²) in [7, 11) is 3.21. The number of nitrogens with one attached hydrogen (secondary N) is 1. The van der Waals surface area contributed by atoms with Crippen molar-refractivity contribution in [2.45, 2.75) is 13.0 Å². The molecule has 0 aliphatic carbocycles. The first-order chi connectivity index (χ1) is 10.2. The topological polar surface area (TPSA) is 50.7 Å². The van der Waals surface area contributed by atoms with E-state index in [2.05, 4.69) is 17.4 Å². The molecule has 0 saturated heterocycles. The van der Waals surface area contributed by atoms with Crippen LogP contribution >= 0.6 is 0 Å².